The molecule has 0 atom stereocenters. The van der Waals surface area contributed by atoms with E-state index in [0.29, 0.717) is 21.3 Å². The van der Waals surface area contributed by atoms with Crippen molar-refractivity contribution in [3.05, 3.63) is 62.6 Å². The monoisotopic (exact) mass is 483 g/mol. The van der Waals surface area contributed by atoms with Gasteiger partial charge < -0.3 is 10.6 Å². The first-order valence-corrected chi connectivity index (χ1v) is 11.1. The molecule has 2 aromatic carbocycles. The highest BCUT2D eigenvalue weighted by atomic mass is 35.5. The fourth-order valence-corrected chi connectivity index (χ4v) is 4.20. The summed E-state index contributed by atoms with van der Waals surface area (Å²) in [6.45, 7) is 0. The molecule has 3 rings (SSSR count). The van der Waals surface area contributed by atoms with Crippen molar-refractivity contribution in [1.29, 1.82) is 0 Å². The minimum absolute atomic E-state index is 0.0620. The van der Waals surface area contributed by atoms with E-state index < -0.39 is 5.91 Å². The Morgan fingerprint density at radius 1 is 0.867 bits per heavy atom. The molecule has 30 heavy (non-hydrogen) atoms. The van der Waals surface area contributed by atoms with Crippen molar-refractivity contribution >= 4 is 69.6 Å². The lowest BCUT2D eigenvalue weighted by atomic mass is 9.95. The molecule has 1 saturated carbocycles. The molecule has 158 valence electrons. The predicted octanol–water partition coefficient (Wildman–Crippen LogP) is 5.84. The number of halogens is 3. The van der Waals surface area contributed by atoms with E-state index in [-0.39, 0.29) is 27.6 Å². The second kappa shape index (κ2) is 10.4. The molecule has 2 amide bonds. The van der Waals surface area contributed by atoms with Crippen molar-refractivity contribution in [3.63, 3.8) is 0 Å². The summed E-state index contributed by atoms with van der Waals surface area (Å²) in [6.07, 6.45) is 5.39. The Bertz CT molecular complexity index is 978. The topological polar surface area (TPSA) is 70.2 Å². The second-order valence-electron chi connectivity index (χ2n) is 7.04. The number of carbonyl (C=O) groups is 2. The summed E-state index contributed by atoms with van der Waals surface area (Å²) in [6, 6.07) is 9.61. The van der Waals surface area contributed by atoms with Gasteiger partial charge in [0.2, 0.25) is 0 Å². The highest BCUT2D eigenvalue weighted by Gasteiger charge is 2.19. The molecular weight excluding hydrogens is 465 g/mol. The average Bonchev–Trinajstić information content (AvgIpc) is 2.70. The van der Waals surface area contributed by atoms with Crippen LogP contribution >= 0.6 is 47.0 Å². The van der Waals surface area contributed by atoms with Crippen molar-refractivity contribution < 1.29 is 9.59 Å². The third-order valence-electron chi connectivity index (χ3n) is 4.81. The van der Waals surface area contributed by atoms with Crippen LogP contribution in [0.5, 0.6) is 0 Å². The van der Waals surface area contributed by atoms with Crippen LogP contribution in [0, 0.1) is 0 Å². The molecule has 0 saturated heterocycles. The summed E-state index contributed by atoms with van der Waals surface area (Å²) in [5, 5.41) is 9.54. The molecule has 0 aromatic heterocycles. The lowest BCUT2D eigenvalue weighted by Crippen LogP contribution is -2.36. The number of hydrogen-bond acceptors (Lipinski definition) is 3. The average molecular weight is 485 g/mol. The van der Waals surface area contributed by atoms with E-state index in [4.69, 9.17) is 47.0 Å². The van der Waals surface area contributed by atoms with E-state index >= 15 is 0 Å². The molecular formula is C21H20Cl3N3O2S. The van der Waals surface area contributed by atoms with Crippen LogP contribution in [0.25, 0.3) is 0 Å². The van der Waals surface area contributed by atoms with Gasteiger partial charge in [0.25, 0.3) is 11.8 Å². The zero-order chi connectivity index (χ0) is 21.7. The predicted molar refractivity (Wildman–Crippen MR) is 126 cm³/mol. The fourth-order valence-electron chi connectivity index (χ4n) is 3.29. The number of carbonyl (C=O) groups excluding carboxylic acids is 2. The molecule has 3 N–H and O–H groups in total. The Kier molecular flexibility index (Phi) is 7.94. The standard InChI is InChI=1S/C21H20Cl3N3O2S/c22-12-6-8-15(18(24)10-12)19(28)27-21(30)26-14-7-9-17(23)16(11-14)20(29)25-13-4-2-1-3-5-13/h6-11,13H,1-5H2,(H,25,29)(H2,26,27,28,30). The van der Waals surface area contributed by atoms with Gasteiger partial charge in [-0.1, -0.05) is 54.1 Å². The first kappa shape index (κ1) is 22.8. The van der Waals surface area contributed by atoms with E-state index in [1.807, 2.05) is 0 Å². The Hall–Kier alpha value is -1.86. The minimum Gasteiger partial charge on any atom is -0.349 e. The van der Waals surface area contributed by atoms with Crippen LogP contribution in [0.2, 0.25) is 15.1 Å². The van der Waals surface area contributed by atoms with Crippen LogP contribution in [0.4, 0.5) is 5.69 Å². The SMILES string of the molecule is O=C(NC(=S)Nc1ccc(Cl)c(C(=O)NC2CCCCC2)c1)c1ccc(Cl)cc1Cl. The fraction of sp³-hybridized carbons (Fsp3) is 0.286. The molecule has 0 aliphatic heterocycles. The van der Waals surface area contributed by atoms with E-state index in [1.54, 1.807) is 24.3 Å². The number of rotatable bonds is 4. The van der Waals surface area contributed by atoms with Crippen LogP contribution in [-0.2, 0) is 0 Å². The van der Waals surface area contributed by atoms with E-state index in [2.05, 4.69) is 16.0 Å². The molecule has 0 spiro atoms. The molecule has 0 heterocycles. The molecule has 1 fully saturated rings. The number of anilines is 1. The maximum Gasteiger partial charge on any atom is 0.258 e. The molecule has 9 heteroatoms. The maximum atomic E-state index is 12.6. The summed E-state index contributed by atoms with van der Waals surface area (Å²) >= 11 is 23.3. The van der Waals surface area contributed by atoms with Gasteiger partial charge in [-0.25, -0.2) is 0 Å². The lowest BCUT2D eigenvalue weighted by Gasteiger charge is -2.23. The Labute approximate surface area is 195 Å². The molecule has 0 unspecified atom stereocenters. The van der Waals surface area contributed by atoms with Gasteiger partial charge in [0, 0.05) is 16.8 Å². The van der Waals surface area contributed by atoms with Crippen molar-refractivity contribution in [2.24, 2.45) is 0 Å². The quantitative estimate of drug-likeness (QED) is 0.477. The van der Waals surface area contributed by atoms with Crippen molar-refractivity contribution in [2.45, 2.75) is 38.1 Å². The van der Waals surface area contributed by atoms with Crippen molar-refractivity contribution in [1.82, 2.24) is 10.6 Å². The third-order valence-corrected chi connectivity index (χ3v) is 5.89. The van der Waals surface area contributed by atoms with Gasteiger partial charge in [0.05, 0.1) is 21.2 Å². The molecule has 1 aliphatic rings. The van der Waals surface area contributed by atoms with E-state index in [9.17, 15) is 9.59 Å². The Morgan fingerprint density at radius 2 is 1.60 bits per heavy atom. The summed E-state index contributed by atoms with van der Waals surface area (Å²) < 4.78 is 0. The zero-order valence-corrected chi connectivity index (χ0v) is 19.0. The summed E-state index contributed by atoms with van der Waals surface area (Å²) in [7, 11) is 0. The second-order valence-corrected chi connectivity index (χ2v) is 8.69. The van der Waals surface area contributed by atoms with Gasteiger partial charge in [-0.15, -0.1) is 0 Å². The van der Waals surface area contributed by atoms with Gasteiger partial charge in [-0.2, -0.15) is 0 Å². The molecule has 1 aliphatic carbocycles. The van der Waals surface area contributed by atoms with Gasteiger partial charge in [-0.3, -0.25) is 14.9 Å². The zero-order valence-electron chi connectivity index (χ0n) is 15.9. The Morgan fingerprint density at radius 3 is 2.30 bits per heavy atom. The lowest BCUT2D eigenvalue weighted by molar-refractivity contribution is 0.0926. The highest BCUT2D eigenvalue weighted by molar-refractivity contribution is 7.80. The van der Waals surface area contributed by atoms with Crippen LogP contribution in [0.1, 0.15) is 52.8 Å². The number of benzene rings is 2. The van der Waals surface area contributed by atoms with Crippen molar-refractivity contribution in [2.75, 3.05) is 5.32 Å². The molecule has 0 bridgehead atoms. The largest absolute Gasteiger partial charge is 0.349 e. The van der Waals surface area contributed by atoms with Gasteiger partial charge in [-0.05, 0) is 61.5 Å². The summed E-state index contributed by atoms with van der Waals surface area (Å²) in [5.41, 5.74) is 1.12. The van der Waals surface area contributed by atoms with Gasteiger partial charge >= 0.3 is 0 Å². The first-order chi connectivity index (χ1) is 14.3. The molecule has 5 nitrogen and oxygen atoms in total. The summed E-state index contributed by atoms with van der Waals surface area (Å²) in [5.74, 6) is -0.697. The van der Waals surface area contributed by atoms with E-state index in [1.165, 1.54) is 18.6 Å². The molecule has 0 radical (unpaired) electrons. The normalized spacial score (nSPS) is 14.1. The first-order valence-electron chi connectivity index (χ1n) is 9.51. The van der Waals surface area contributed by atoms with Crippen LogP contribution in [-0.4, -0.2) is 23.0 Å². The summed E-state index contributed by atoms with van der Waals surface area (Å²) in [4.78, 5) is 25.0. The van der Waals surface area contributed by atoms with Crippen LogP contribution in [0.3, 0.4) is 0 Å². The van der Waals surface area contributed by atoms with Crippen molar-refractivity contribution in [3.8, 4) is 0 Å². The van der Waals surface area contributed by atoms with Crippen LogP contribution < -0.4 is 16.0 Å². The van der Waals surface area contributed by atoms with Gasteiger partial charge in [0.1, 0.15) is 0 Å². The number of hydrogen-bond donors (Lipinski definition) is 3. The van der Waals surface area contributed by atoms with Crippen LogP contribution in [0.15, 0.2) is 36.4 Å². The number of thiocarbonyl (C=S) groups is 1. The minimum atomic E-state index is -0.474. The third kappa shape index (κ3) is 6.08. The number of nitrogens with one attached hydrogen (secondary N) is 3. The Balaban J connectivity index is 1.64. The molecule has 2 aromatic rings. The maximum absolute atomic E-state index is 12.6. The highest BCUT2D eigenvalue weighted by Crippen LogP contribution is 2.23. The number of amides is 2. The van der Waals surface area contributed by atoms with Gasteiger partial charge in [0.15, 0.2) is 5.11 Å². The smallest absolute Gasteiger partial charge is 0.258 e. The van der Waals surface area contributed by atoms with E-state index in [0.717, 1.165) is 25.7 Å².